The number of hydrogen-bond acceptors (Lipinski definition) is 4. The van der Waals surface area contributed by atoms with E-state index < -0.39 is 0 Å². The molecule has 1 fully saturated rings. The molecule has 0 atom stereocenters. The number of nitrogens with two attached hydrogens (primary N) is 1. The first kappa shape index (κ1) is 26.5. The van der Waals surface area contributed by atoms with E-state index in [-0.39, 0.29) is 24.0 Å². The average Bonchev–Trinajstić information content (AvgIpc) is 2.80. The number of likely N-dealkylation sites (tertiary alicyclic amines) is 1. The van der Waals surface area contributed by atoms with Crippen molar-refractivity contribution in [3.8, 4) is 11.5 Å². The van der Waals surface area contributed by atoms with E-state index in [2.05, 4.69) is 21.3 Å². The van der Waals surface area contributed by atoms with Crippen molar-refractivity contribution in [2.24, 2.45) is 16.6 Å². The lowest BCUT2D eigenvalue weighted by Gasteiger charge is -2.31. The highest BCUT2D eigenvalue weighted by Crippen LogP contribution is 2.27. The van der Waals surface area contributed by atoms with Crippen LogP contribution in [0.25, 0.3) is 0 Å². The van der Waals surface area contributed by atoms with Crippen molar-refractivity contribution < 1.29 is 9.47 Å². The SMILES string of the molecule is COc1ccc(CCNC(N)=NCC2CCN(Cc3ccccc3Cl)CC2)cc1OC.I. The van der Waals surface area contributed by atoms with Gasteiger partial charge in [0.25, 0.3) is 0 Å². The molecule has 0 spiro atoms. The van der Waals surface area contributed by atoms with Gasteiger partial charge >= 0.3 is 0 Å². The summed E-state index contributed by atoms with van der Waals surface area (Å²) >= 11 is 6.29. The number of benzene rings is 2. The topological polar surface area (TPSA) is 72.1 Å². The van der Waals surface area contributed by atoms with E-state index in [1.807, 2.05) is 36.4 Å². The molecular formula is C24H34ClIN4O2. The molecule has 0 saturated carbocycles. The zero-order valence-corrected chi connectivity index (χ0v) is 21.9. The van der Waals surface area contributed by atoms with Gasteiger partial charge in [0.05, 0.1) is 14.2 Å². The van der Waals surface area contributed by atoms with Crippen LogP contribution in [0.2, 0.25) is 5.02 Å². The van der Waals surface area contributed by atoms with E-state index in [0.717, 1.165) is 74.1 Å². The fourth-order valence-corrected chi connectivity index (χ4v) is 4.04. The van der Waals surface area contributed by atoms with Crippen LogP contribution in [0.15, 0.2) is 47.5 Å². The molecule has 0 aromatic heterocycles. The summed E-state index contributed by atoms with van der Waals surface area (Å²) in [6.07, 6.45) is 3.09. The summed E-state index contributed by atoms with van der Waals surface area (Å²) in [7, 11) is 3.28. The van der Waals surface area contributed by atoms with E-state index in [1.165, 1.54) is 5.56 Å². The van der Waals surface area contributed by atoms with Crippen LogP contribution in [-0.4, -0.2) is 51.3 Å². The van der Waals surface area contributed by atoms with Gasteiger partial charge < -0.3 is 20.5 Å². The minimum atomic E-state index is 0. The van der Waals surface area contributed by atoms with Crippen molar-refractivity contribution in [1.82, 2.24) is 10.2 Å². The summed E-state index contributed by atoms with van der Waals surface area (Å²) in [6, 6.07) is 14.0. The minimum Gasteiger partial charge on any atom is -0.493 e. The molecule has 8 heteroatoms. The number of nitrogens with zero attached hydrogens (tertiary/aromatic N) is 2. The molecule has 2 aromatic carbocycles. The zero-order chi connectivity index (χ0) is 22.1. The third-order valence-electron chi connectivity index (χ3n) is 5.75. The van der Waals surface area contributed by atoms with Gasteiger partial charge in [-0.25, -0.2) is 0 Å². The monoisotopic (exact) mass is 572 g/mol. The summed E-state index contributed by atoms with van der Waals surface area (Å²) in [5.74, 6) is 2.56. The lowest BCUT2D eigenvalue weighted by molar-refractivity contribution is 0.180. The number of hydrogen-bond donors (Lipinski definition) is 2. The summed E-state index contributed by atoms with van der Waals surface area (Å²) in [6.45, 7) is 4.54. The smallest absolute Gasteiger partial charge is 0.188 e. The summed E-state index contributed by atoms with van der Waals surface area (Å²) in [5, 5.41) is 4.06. The third-order valence-corrected chi connectivity index (χ3v) is 6.12. The number of aliphatic imine (C=N–C) groups is 1. The van der Waals surface area contributed by atoms with Crippen LogP contribution < -0.4 is 20.5 Å². The van der Waals surface area contributed by atoms with Crippen molar-refractivity contribution in [3.05, 3.63) is 58.6 Å². The molecule has 2 aromatic rings. The van der Waals surface area contributed by atoms with Gasteiger partial charge in [-0.15, -0.1) is 24.0 Å². The average molecular weight is 573 g/mol. The Morgan fingerprint density at radius 3 is 2.53 bits per heavy atom. The molecule has 6 nitrogen and oxygen atoms in total. The van der Waals surface area contributed by atoms with Gasteiger partial charge in [0.2, 0.25) is 0 Å². The molecule has 0 unspecified atom stereocenters. The van der Waals surface area contributed by atoms with E-state index in [4.69, 9.17) is 26.8 Å². The van der Waals surface area contributed by atoms with E-state index >= 15 is 0 Å². The zero-order valence-electron chi connectivity index (χ0n) is 18.9. The Hall–Kier alpha value is -1.71. The largest absolute Gasteiger partial charge is 0.493 e. The van der Waals surface area contributed by atoms with Crippen LogP contribution in [0.5, 0.6) is 11.5 Å². The predicted octanol–water partition coefficient (Wildman–Crippen LogP) is 4.33. The maximum atomic E-state index is 6.29. The molecule has 0 bridgehead atoms. The fourth-order valence-electron chi connectivity index (χ4n) is 3.85. The predicted molar refractivity (Wildman–Crippen MR) is 143 cm³/mol. The Labute approximate surface area is 213 Å². The number of ether oxygens (including phenoxy) is 2. The molecule has 32 heavy (non-hydrogen) atoms. The van der Waals surface area contributed by atoms with Gasteiger partial charge in [0.1, 0.15) is 0 Å². The van der Waals surface area contributed by atoms with Gasteiger partial charge in [-0.05, 0) is 67.6 Å². The Morgan fingerprint density at radius 1 is 1.12 bits per heavy atom. The van der Waals surface area contributed by atoms with Gasteiger partial charge in [0.15, 0.2) is 17.5 Å². The Bertz CT molecular complexity index is 873. The molecule has 176 valence electrons. The second kappa shape index (κ2) is 13.7. The molecular weight excluding hydrogens is 539 g/mol. The number of halogens is 2. The van der Waals surface area contributed by atoms with E-state index in [1.54, 1.807) is 14.2 Å². The van der Waals surface area contributed by atoms with Crippen molar-refractivity contribution in [2.75, 3.05) is 40.4 Å². The van der Waals surface area contributed by atoms with Crippen LogP contribution in [0.3, 0.4) is 0 Å². The second-order valence-electron chi connectivity index (χ2n) is 7.90. The van der Waals surface area contributed by atoms with Crippen LogP contribution in [0.4, 0.5) is 0 Å². The fraction of sp³-hybridized carbons (Fsp3) is 0.458. The maximum Gasteiger partial charge on any atom is 0.188 e. The summed E-state index contributed by atoms with van der Waals surface area (Å²) in [4.78, 5) is 7.03. The summed E-state index contributed by atoms with van der Waals surface area (Å²) < 4.78 is 10.6. The van der Waals surface area contributed by atoms with Crippen LogP contribution in [-0.2, 0) is 13.0 Å². The lowest BCUT2D eigenvalue weighted by Crippen LogP contribution is -2.36. The number of rotatable bonds is 9. The molecule has 1 aliphatic rings. The normalized spacial score (nSPS) is 15.2. The van der Waals surface area contributed by atoms with Crippen molar-refractivity contribution in [3.63, 3.8) is 0 Å². The number of guanidine groups is 1. The maximum absolute atomic E-state index is 6.29. The van der Waals surface area contributed by atoms with Crippen LogP contribution in [0, 0.1) is 5.92 Å². The number of methoxy groups -OCH3 is 2. The molecule has 0 aliphatic carbocycles. The molecule has 1 saturated heterocycles. The molecule has 3 N–H and O–H groups in total. The molecule has 0 amide bonds. The Kier molecular flexibility index (Phi) is 11.4. The number of nitrogens with one attached hydrogen (secondary N) is 1. The Balaban J connectivity index is 0.00000363. The van der Waals surface area contributed by atoms with E-state index in [9.17, 15) is 0 Å². The van der Waals surface area contributed by atoms with Gasteiger partial charge in [-0.3, -0.25) is 9.89 Å². The summed E-state index contributed by atoms with van der Waals surface area (Å²) in [5.41, 5.74) is 8.43. The quantitative estimate of drug-likeness (QED) is 0.266. The minimum absolute atomic E-state index is 0. The molecule has 3 rings (SSSR count). The highest BCUT2D eigenvalue weighted by Gasteiger charge is 2.19. The van der Waals surface area contributed by atoms with Gasteiger partial charge in [-0.2, -0.15) is 0 Å². The van der Waals surface area contributed by atoms with Crippen molar-refractivity contribution >= 4 is 41.5 Å². The first-order valence-electron chi connectivity index (χ1n) is 10.8. The van der Waals surface area contributed by atoms with Gasteiger partial charge in [-0.1, -0.05) is 35.9 Å². The molecule has 1 aliphatic heterocycles. The first-order chi connectivity index (χ1) is 15.1. The number of piperidine rings is 1. The molecule has 0 radical (unpaired) electrons. The van der Waals surface area contributed by atoms with E-state index in [0.29, 0.717) is 11.9 Å². The van der Waals surface area contributed by atoms with Gasteiger partial charge in [0, 0.05) is 24.7 Å². The first-order valence-corrected chi connectivity index (χ1v) is 11.2. The third kappa shape index (κ3) is 8.01. The van der Waals surface area contributed by atoms with Crippen LogP contribution in [0.1, 0.15) is 24.0 Å². The second-order valence-corrected chi connectivity index (χ2v) is 8.31. The standard InChI is InChI=1S/C24H33ClN4O2.HI/c1-30-22-8-7-18(15-23(22)31-2)9-12-27-24(26)28-16-19-10-13-29(14-11-19)17-20-5-3-4-6-21(20)25;/h3-8,15,19H,9-14,16-17H2,1-2H3,(H3,26,27,28);1H. The highest BCUT2D eigenvalue weighted by molar-refractivity contribution is 14.0. The highest BCUT2D eigenvalue weighted by atomic mass is 127. The Morgan fingerprint density at radius 2 is 1.84 bits per heavy atom. The lowest BCUT2D eigenvalue weighted by atomic mass is 9.96. The van der Waals surface area contributed by atoms with Crippen molar-refractivity contribution in [1.29, 1.82) is 0 Å². The van der Waals surface area contributed by atoms with Crippen LogP contribution >= 0.6 is 35.6 Å². The molecule has 1 heterocycles. The van der Waals surface area contributed by atoms with Crippen molar-refractivity contribution in [2.45, 2.75) is 25.8 Å².